The van der Waals surface area contributed by atoms with Crippen molar-refractivity contribution >= 4 is 17.5 Å². The van der Waals surface area contributed by atoms with Gasteiger partial charge >= 0.3 is 0 Å². The molecule has 2 aliphatic rings. The third-order valence-corrected chi connectivity index (χ3v) is 4.23. The lowest BCUT2D eigenvalue weighted by molar-refractivity contribution is -0.131. The number of carbonyl (C=O) groups is 2. The summed E-state index contributed by atoms with van der Waals surface area (Å²) in [6, 6.07) is 7.51. The minimum Gasteiger partial charge on any atom is -0.486 e. The van der Waals surface area contributed by atoms with E-state index in [1.807, 2.05) is 31.2 Å². The van der Waals surface area contributed by atoms with Gasteiger partial charge in [-0.15, -0.1) is 0 Å². The Morgan fingerprint density at radius 3 is 2.80 bits per heavy atom. The Morgan fingerprint density at radius 1 is 1.32 bits per heavy atom. The van der Waals surface area contributed by atoms with E-state index in [1.54, 1.807) is 11.9 Å². The number of amides is 2. The second-order valence-electron chi connectivity index (χ2n) is 6.21. The molecule has 0 aliphatic carbocycles. The summed E-state index contributed by atoms with van der Waals surface area (Å²) < 4.78 is 11.7. The molecule has 1 aromatic rings. The Labute approximate surface area is 147 Å². The maximum absolute atomic E-state index is 12.8. The first-order valence-corrected chi connectivity index (χ1v) is 8.60. The van der Waals surface area contributed by atoms with Crippen LogP contribution in [0.2, 0.25) is 0 Å². The third kappa shape index (κ3) is 3.92. The highest BCUT2D eigenvalue weighted by Gasteiger charge is 2.29. The lowest BCUT2D eigenvalue weighted by atomic mass is 10.1. The average molecular weight is 345 g/mol. The molecule has 0 N–H and O–H groups in total. The van der Waals surface area contributed by atoms with Crippen molar-refractivity contribution in [3.63, 3.8) is 0 Å². The molecule has 0 bridgehead atoms. The lowest BCUT2D eigenvalue weighted by Gasteiger charge is -2.32. The summed E-state index contributed by atoms with van der Waals surface area (Å²) in [7, 11) is 1.58. The Hall–Kier alpha value is -2.57. The van der Waals surface area contributed by atoms with Crippen LogP contribution in [0.15, 0.2) is 29.4 Å². The minimum atomic E-state index is -0.228. The smallest absolute Gasteiger partial charge is 0.270 e. The molecule has 1 atom stereocenters. The first-order valence-electron chi connectivity index (χ1n) is 8.60. The molecule has 2 aliphatic heterocycles. The van der Waals surface area contributed by atoms with Crippen LogP contribution in [0.3, 0.4) is 0 Å². The molecular formula is C18H23N3O4. The van der Waals surface area contributed by atoms with E-state index >= 15 is 0 Å². The van der Waals surface area contributed by atoms with Gasteiger partial charge in [-0.25, -0.2) is 5.01 Å². The quantitative estimate of drug-likeness (QED) is 0.814. The second-order valence-corrected chi connectivity index (χ2v) is 6.21. The van der Waals surface area contributed by atoms with E-state index < -0.39 is 0 Å². The van der Waals surface area contributed by atoms with Crippen LogP contribution in [0, 0.1) is 0 Å². The molecule has 0 aromatic heterocycles. The third-order valence-electron chi connectivity index (χ3n) is 4.23. The fraction of sp³-hybridized carbons (Fsp3) is 0.500. The molecular weight excluding hydrogens is 322 g/mol. The summed E-state index contributed by atoms with van der Waals surface area (Å²) in [5.74, 6) is 1.22. The Morgan fingerprint density at radius 2 is 2.08 bits per heavy atom. The minimum absolute atomic E-state index is 0.0702. The number of para-hydroxylation sites is 2. The molecule has 3 rings (SSSR count). The van der Waals surface area contributed by atoms with E-state index in [1.165, 1.54) is 5.01 Å². The van der Waals surface area contributed by atoms with Crippen molar-refractivity contribution in [2.45, 2.75) is 32.3 Å². The van der Waals surface area contributed by atoms with Gasteiger partial charge in [0.1, 0.15) is 12.3 Å². The van der Waals surface area contributed by atoms with Gasteiger partial charge in [0, 0.05) is 26.4 Å². The van der Waals surface area contributed by atoms with Crippen LogP contribution in [0.4, 0.5) is 0 Å². The van der Waals surface area contributed by atoms with Crippen LogP contribution in [0.1, 0.15) is 26.2 Å². The zero-order chi connectivity index (χ0) is 17.8. The number of hydrogen-bond donors (Lipinski definition) is 0. The van der Waals surface area contributed by atoms with Crippen molar-refractivity contribution in [1.82, 2.24) is 9.91 Å². The number of benzene rings is 1. The highest BCUT2D eigenvalue weighted by molar-refractivity contribution is 6.39. The molecule has 0 saturated carbocycles. The maximum Gasteiger partial charge on any atom is 0.270 e. The molecule has 1 aromatic carbocycles. The van der Waals surface area contributed by atoms with Crippen LogP contribution < -0.4 is 9.47 Å². The molecule has 2 heterocycles. The first-order chi connectivity index (χ1) is 12.1. The number of ether oxygens (including phenoxy) is 2. The molecule has 0 spiro atoms. The fourth-order valence-corrected chi connectivity index (χ4v) is 2.95. The highest BCUT2D eigenvalue weighted by atomic mass is 16.6. The number of fused-ring (bicyclic) bond motifs is 1. The summed E-state index contributed by atoms with van der Waals surface area (Å²) >= 11 is 0. The largest absolute Gasteiger partial charge is 0.486 e. The number of hydrogen-bond acceptors (Lipinski definition) is 5. The van der Waals surface area contributed by atoms with Crippen molar-refractivity contribution in [3.8, 4) is 11.5 Å². The topological polar surface area (TPSA) is 71.4 Å². The summed E-state index contributed by atoms with van der Waals surface area (Å²) in [4.78, 5) is 26.1. The zero-order valence-corrected chi connectivity index (χ0v) is 14.6. The van der Waals surface area contributed by atoms with Gasteiger partial charge in [-0.2, -0.15) is 5.10 Å². The average Bonchev–Trinajstić information content (AvgIpc) is 2.63. The number of rotatable bonds is 5. The Balaban J connectivity index is 1.68. The molecule has 134 valence electrons. The van der Waals surface area contributed by atoms with E-state index in [-0.39, 0.29) is 17.9 Å². The SMILES string of the molecule is CCCN(C[C@H]1COc2ccccc2O1)C(=O)C1=NN(C)C(=O)CC1. The van der Waals surface area contributed by atoms with Crippen LogP contribution in [0.5, 0.6) is 11.5 Å². The van der Waals surface area contributed by atoms with Gasteiger partial charge in [0.15, 0.2) is 17.6 Å². The predicted molar refractivity (Wildman–Crippen MR) is 92.7 cm³/mol. The maximum atomic E-state index is 12.8. The molecule has 0 unspecified atom stereocenters. The van der Waals surface area contributed by atoms with Crippen molar-refractivity contribution in [3.05, 3.63) is 24.3 Å². The molecule has 0 radical (unpaired) electrons. The van der Waals surface area contributed by atoms with E-state index in [0.717, 1.165) is 12.2 Å². The zero-order valence-electron chi connectivity index (χ0n) is 14.6. The standard InChI is InChI=1S/C18H23N3O4/c1-3-10-21(18(23)14-8-9-17(22)20(2)19-14)11-13-12-24-15-6-4-5-7-16(15)25-13/h4-7,13H,3,8-12H2,1-2H3/t13-/m0/s1. The van der Waals surface area contributed by atoms with E-state index in [4.69, 9.17) is 9.47 Å². The first kappa shape index (κ1) is 17.3. The highest BCUT2D eigenvalue weighted by Crippen LogP contribution is 2.31. The van der Waals surface area contributed by atoms with Crippen molar-refractivity contribution in [2.24, 2.45) is 5.10 Å². The summed E-state index contributed by atoms with van der Waals surface area (Å²) in [6.07, 6.45) is 1.30. The summed E-state index contributed by atoms with van der Waals surface area (Å²) in [5, 5.41) is 5.38. The normalized spacial score (nSPS) is 19.4. The van der Waals surface area contributed by atoms with E-state index in [0.29, 0.717) is 44.0 Å². The molecule has 0 saturated heterocycles. The molecule has 2 amide bonds. The Kier molecular flexibility index (Phi) is 5.21. The van der Waals surface area contributed by atoms with Gasteiger partial charge in [-0.3, -0.25) is 9.59 Å². The van der Waals surface area contributed by atoms with Crippen molar-refractivity contribution in [1.29, 1.82) is 0 Å². The van der Waals surface area contributed by atoms with Crippen LogP contribution in [-0.4, -0.2) is 60.3 Å². The lowest BCUT2D eigenvalue weighted by Crippen LogP contribution is -2.47. The predicted octanol–water partition coefficient (Wildman–Crippen LogP) is 1.67. The number of nitrogens with zero attached hydrogens (tertiary/aromatic N) is 3. The van der Waals surface area contributed by atoms with Crippen LogP contribution >= 0.6 is 0 Å². The van der Waals surface area contributed by atoms with Crippen molar-refractivity contribution in [2.75, 3.05) is 26.7 Å². The van der Waals surface area contributed by atoms with E-state index in [9.17, 15) is 9.59 Å². The molecule has 25 heavy (non-hydrogen) atoms. The molecule has 7 heteroatoms. The van der Waals surface area contributed by atoms with Gasteiger partial charge in [-0.1, -0.05) is 19.1 Å². The summed E-state index contributed by atoms with van der Waals surface area (Å²) in [5.41, 5.74) is 0.424. The van der Waals surface area contributed by atoms with Gasteiger partial charge in [-0.05, 0) is 18.6 Å². The van der Waals surface area contributed by atoms with Gasteiger partial charge in [0.05, 0.1) is 6.54 Å². The second kappa shape index (κ2) is 7.55. The van der Waals surface area contributed by atoms with Gasteiger partial charge < -0.3 is 14.4 Å². The number of carbonyl (C=O) groups excluding carboxylic acids is 2. The monoisotopic (exact) mass is 345 g/mol. The number of hydrazone groups is 1. The van der Waals surface area contributed by atoms with Gasteiger partial charge in [0.25, 0.3) is 5.91 Å². The van der Waals surface area contributed by atoms with Gasteiger partial charge in [0.2, 0.25) is 5.91 Å². The molecule has 0 fully saturated rings. The fourth-order valence-electron chi connectivity index (χ4n) is 2.95. The molecule has 7 nitrogen and oxygen atoms in total. The van der Waals surface area contributed by atoms with Crippen molar-refractivity contribution < 1.29 is 19.1 Å². The summed E-state index contributed by atoms with van der Waals surface area (Å²) in [6.45, 7) is 3.45. The van der Waals surface area contributed by atoms with E-state index in [2.05, 4.69) is 5.10 Å². The van der Waals surface area contributed by atoms with Crippen LogP contribution in [-0.2, 0) is 9.59 Å². The van der Waals surface area contributed by atoms with Crippen LogP contribution in [0.25, 0.3) is 0 Å². The Bertz CT molecular complexity index is 689.